The van der Waals surface area contributed by atoms with Crippen LogP contribution >= 0.6 is 11.6 Å². The van der Waals surface area contributed by atoms with E-state index in [2.05, 4.69) is 5.92 Å². The van der Waals surface area contributed by atoms with Gasteiger partial charge < -0.3 is 4.74 Å². The molecule has 1 unspecified atom stereocenters. The highest BCUT2D eigenvalue weighted by molar-refractivity contribution is 6.30. The summed E-state index contributed by atoms with van der Waals surface area (Å²) < 4.78 is 5.24. The van der Waals surface area contributed by atoms with Crippen LogP contribution in [0.3, 0.4) is 0 Å². The lowest BCUT2D eigenvalue weighted by Crippen LogP contribution is -2.26. The first kappa shape index (κ1) is 15.2. The lowest BCUT2D eigenvalue weighted by molar-refractivity contribution is -0.151. The molecule has 0 aliphatic rings. The molecule has 1 atom stereocenters. The van der Waals surface area contributed by atoms with Crippen molar-refractivity contribution in [3.8, 4) is 23.5 Å². The van der Waals surface area contributed by atoms with Crippen LogP contribution in [0.1, 0.15) is 19.4 Å². The van der Waals surface area contributed by atoms with Gasteiger partial charge in [0.15, 0.2) is 5.60 Å². The van der Waals surface area contributed by atoms with Crippen molar-refractivity contribution in [3.63, 3.8) is 0 Å². The van der Waals surface area contributed by atoms with Gasteiger partial charge in [0.05, 0.1) is 0 Å². The molecule has 21 heavy (non-hydrogen) atoms. The number of carbonyl (C=O) groups is 1. The fourth-order valence-corrected chi connectivity index (χ4v) is 2.21. The van der Waals surface area contributed by atoms with E-state index in [9.17, 15) is 4.79 Å². The first-order valence-electron chi connectivity index (χ1n) is 6.48. The van der Waals surface area contributed by atoms with Gasteiger partial charge in [-0.3, -0.25) is 4.79 Å². The normalized spacial score (nSPS) is 13.0. The summed E-state index contributed by atoms with van der Waals surface area (Å²) in [7, 11) is 0. The highest BCUT2D eigenvalue weighted by Gasteiger charge is 2.27. The minimum absolute atomic E-state index is 0.405. The molecule has 0 spiro atoms. The summed E-state index contributed by atoms with van der Waals surface area (Å²) in [6.07, 6.45) is 5.51. The Labute approximate surface area is 129 Å². The number of ether oxygens (including phenoxy) is 1. The highest BCUT2D eigenvalue weighted by Crippen LogP contribution is 2.28. The number of hydrogen-bond acceptors (Lipinski definition) is 2. The number of esters is 1. The number of carbonyl (C=O) groups excluding carboxylic acids is 1. The van der Waals surface area contributed by atoms with E-state index in [-0.39, 0.29) is 0 Å². The van der Waals surface area contributed by atoms with Crippen molar-refractivity contribution in [1.29, 1.82) is 0 Å². The van der Waals surface area contributed by atoms with Crippen LogP contribution in [-0.4, -0.2) is 5.97 Å². The zero-order valence-electron chi connectivity index (χ0n) is 11.9. The zero-order chi connectivity index (χ0) is 15.5. The maximum Gasteiger partial charge on any atom is 0.304 e. The van der Waals surface area contributed by atoms with Crippen LogP contribution in [-0.2, 0) is 15.1 Å². The van der Waals surface area contributed by atoms with Crippen LogP contribution in [0.2, 0.25) is 5.02 Å². The van der Waals surface area contributed by atoms with Gasteiger partial charge in [0.1, 0.15) is 0 Å². The quantitative estimate of drug-likeness (QED) is 0.619. The second kappa shape index (κ2) is 6.03. The molecular formula is C18H15ClO2. The van der Waals surface area contributed by atoms with Crippen LogP contribution in [0.25, 0.3) is 11.1 Å². The van der Waals surface area contributed by atoms with Crippen LogP contribution < -0.4 is 0 Å². The first-order valence-corrected chi connectivity index (χ1v) is 6.86. The molecule has 0 heterocycles. The fraction of sp³-hybridized carbons (Fsp3) is 0.167. The Bertz CT molecular complexity index is 681. The fourth-order valence-electron chi connectivity index (χ4n) is 2.08. The van der Waals surface area contributed by atoms with E-state index in [0.29, 0.717) is 5.02 Å². The average molecular weight is 299 g/mol. The largest absolute Gasteiger partial charge is 0.442 e. The summed E-state index contributed by atoms with van der Waals surface area (Å²) in [5.41, 5.74) is 1.81. The van der Waals surface area contributed by atoms with Crippen molar-refractivity contribution >= 4 is 17.6 Å². The van der Waals surface area contributed by atoms with Crippen molar-refractivity contribution in [2.45, 2.75) is 19.4 Å². The van der Waals surface area contributed by atoms with Crippen LogP contribution in [0.5, 0.6) is 0 Å². The lowest BCUT2D eigenvalue weighted by Gasteiger charge is -2.24. The molecule has 2 aromatic rings. The molecule has 3 heteroatoms. The molecule has 2 aromatic carbocycles. The summed E-state index contributed by atoms with van der Waals surface area (Å²) in [4.78, 5) is 11.2. The Morgan fingerprint density at radius 1 is 1.10 bits per heavy atom. The first-order chi connectivity index (χ1) is 9.94. The van der Waals surface area contributed by atoms with Crippen LogP contribution in [0, 0.1) is 12.3 Å². The van der Waals surface area contributed by atoms with Crippen molar-refractivity contribution in [1.82, 2.24) is 0 Å². The summed E-state index contributed by atoms with van der Waals surface area (Å²) in [5.74, 6) is 2.13. The van der Waals surface area contributed by atoms with Gasteiger partial charge >= 0.3 is 5.97 Å². The lowest BCUT2D eigenvalue weighted by atomic mass is 9.94. The minimum atomic E-state index is -1.05. The molecule has 0 fully saturated rings. The summed E-state index contributed by atoms with van der Waals surface area (Å²) in [6.45, 7) is 3.05. The molecule has 0 aromatic heterocycles. The predicted octanol–water partition coefficient (Wildman–Crippen LogP) is 4.42. The molecule has 0 saturated carbocycles. The van der Waals surface area contributed by atoms with Crippen molar-refractivity contribution < 1.29 is 9.53 Å². The average Bonchev–Trinajstić information content (AvgIpc) is 2.47. The molecule has 2 rings (SSSR count). The van der Waals surface area contributed by atoms with E-state index in [1.807, 2.05) is 48.5 Å². The van der Waals surface area contributed by atoms with Crippen LogP contribution in [0.4, 0.5) is 0 Å². The van der Waals surface area contributed by atoms with Gasteiger partial charge in [-0.2, -0.15) is 0 Å². The van der Waals surface area contributed by atoms with E-state index in [0.717, 1.165) is 16.7 Å². The van der Waals surface area contributed by atoms with Gasteiger partial charge in [-0.25, -0.2) is 0 Å². The summed E-state index contributed by atoms with van der Waals surface area (Å²) >= 11 is 5.88. The molecule has 0 saturated heterocycles. The molecule has 0 N–H and O–H groups in total. The van der Waals surface area contributed by atoms with Crippen molar-refractivity contribution in [2.75, 3.05) is 0 Å². The van der Waals surface area contributed by atoms with E-state index in [4.69, 9.17) is 22.8 Å². The highest BCUT2D eigenvalue weighted by atomic mass is 35.5. The maximum absolute atomic E-state index is 11.2. The Kier molecular flexibility index (Phi) is 4.35. The zero-order valence-corrected chi connectivity index (χ0v) is 12.6. The van der Waals surface area contributed by atoms with Gasteiger partial charge in [-0.15, -0.1) is 6.42 Å². The maximum atomic E-state index is 11.2. The molecule has 0 aliphatic carbocycles. The summed E-state index contributed by atoms with van der Waals surface area (Å²) in [5, 5.41) is 0.699. The Morgan fingerprint density at radius 3 is 2.00 bits per heavy atom. The Morgan fingerprint density at radius 2 is 1.57 bits per heavy atom. The molecule has 0 aliphatic heterocycles. The minimum Gasteiger partial charge on any atom is -0.442 e. The number of terminal acetylenes is 1. The predicted molar refractivity (Wildman–Crippen MR) is 84.8 cm³/mol. The Balaban J connectivity index is 2.32. The number of hydrogen-bond donors (Lipinski definition) is 0. The van der Waals surface area contributed by atoms with Gasteiger partial charge in [-0.1, -0.05) is 53.9 Å². The SMILES string of the molecule is C#CC(C)(OC(C)=O)c1ccc(-c2ccc(Cl)cc2)cc1. The molecule has 0 amide bonds. The third-order valence-electron chi connectivity index (χ3n) is 3.24. The molecule has 0 radical (unpaired) electrons. The number of rotatable bonds is 3. The van der Waals surface area contributed by atoms with E-state index < -0.39 is 11.6 Å². The topological polar surface area (TPSA) is 26.3 Å². The van der Waals surface area contributed by atoms with Crippen molar-refractivity contribution in [3.05, 3.63) is 59.1 Å². The number of benzene rings is 2. The van der Waals surface area contributed by atoms with E-state index in [1.54, 1.807) is 6.92 Å². The number of halogens is 1. The second-order valence-corrected chi connectivity index (χ2v) is 5.29. The smallest absolute Gasteiger partial charge is 0.304 e. The molecule has 0 bridgehead atoms. The van der Waals surface area contributed by atoms with Gasteiger partial charge in [0.2, 0.25) is 0 Å². The molecular weight excluding hydrogens is 284 g/mol. The van der Waals surface area contributed by atoms with Crippen LogP contribution in [0.15, 0.2) is 48.5 Å². The van der Waals surface area contributed by atoms with E-state index in [1.165, 1.54) is 6.92 Å². The van der Waals surface area contributed by atoms with Gasteiger partial charge in [-0.05, 0) is 30.2 Å². The third kappa shape index (κ3) is 3.45. The summed E-state index contributed by atoms with van der Waals surface area (Å²) in [6, 6.07) is 15.2. The Hall–Kier alpha value is -2.24. The van der Waals surface area contributed by atoms with Crippen molar-refractivity contribution in [2.24, 2.45) is 0 Å². The van der Waals surface area contributed by atoms with Gasteiger partial charge in [0.25, 0.3) is 0 Å². The molecule has 106 valence electrons. The molecule has 2 nitrogen and oxygen atoms in total. The van der Waals surface area contributed by atoms with Gasteiger partial charge in [0, 0.05) is 17.5 Å². The van der Waals surface area contributed by atoms with E-state index >= 15 is 0 Å². The standard InChI is InChI=1S/C18H15ClO2/c1-4-18(3,21-13(2)20)16-9-5-14(6-10-16)15-7-11-17(19)12-8-15/h1,5-12H,2-3H3. The third-order valence-corrected chi connectivity index (χ3v) is 3.49. The second-order valence-electron chi connectivity index (χ2n) is 4.86. The monoisotopic (exact) mass is 298 g/mol.